The van der Waals surface area contributed by atoms with Crippen LogP contribution in [-0.2, 0) is 13.1 Å². The number of carbonyl (C=O) groups is 1. The molecule has 0 fully saturated rings. The summed E-state index contributed by atoms with van der Waals surface area (Å²) in [6.07, 6.45) is 1.34. The maximum Gasteiger partial charge on any atom is 0.337 e. The number of ether oxygens (including phenoxy) is 1. The van der Waals surface area contributed by atoms with Crippen LogP contribution in [0.1, 0.15) is 23.1 Å². The fourth-order valence-corrected chi connectivity index (χ4v) is 2.98. The number of fused-ring (bicyclic) bond motifs is 2. The highest BCUT2D eigenvalue weighted by molar-refractivity contribution is 5.91. The number of nitrogens with one attached hydrogen (secondary N) is 2. The van der Waals surface area contributed by atoms with Crippen LogP contribution in [0, 0.1) is 0 Å². The van der Waals surface area contributed by atoms with Crippen LogP contribution in [0.5, 0.6) is 5.75 Å². The van der Waals surface area contributed by atoms with E-state index < -0.39 is 5.97 Å². The zero-order valence-electron chi connectivity index (χ0n) is 14.9. The molecule has 0 bridgehead atoms. The van der Waals surface area contributed by atoms with E-state index in [0.29, 0.717) is 30.2 Å². The lowest BCUT2D eigenvalue weighted by atomic mass is 10.3. The molecule has 0 saturated carbocycles. The Balaban J connectivity index is 1.62. The van der Waals surface area contributed by atoms with Crippen LogP contribution >= 0.6 is 0 Å². The molecule has 9 nitrogen and oxygen atoms in total. The molecule has 3 N–H and O–H groups in total. The fraction of sp³-hybridized carbons (Fsp3) is 0.222. The third-order valence-corrected chi connectivity index (χ3v) is 4.30. The SMILES string of the molecule is CCn1c(NCc2nc3ccc(OC)cc3[nH]2)nc2cc(C(=O)O)cnc21. The molecule has 0 aliphatic rings. The summed E-state index contributed by atoms with van der Waals surface area (Å²) >= 11 is 0. The van der Waals surface area contributed by atoms with Crippen molar-refractivity contribution in [3.05, 3.63) is 41.9 Å². The van der Waals surface area contributed by atoms with Gasteiger partial charge in [-0.2, -0.15) is 0 Å². The van der Waals surface area contributed by atoms with Gasteiger partial charge in [0.25, 0.3) is 0 Å². The molecular weight excluding hydrogens is 348 g/mol. The van der Waals surface area contributed by atoms with E-state index in [1.165, 1.54) is 12.3 Å². The van der Waals surface area contributed by atoms with Crippen molar-refractivity contribution in [1.82, 2.24) is 24.5 Å². The van der Waals surface area contributed by atoms with E-state index >= 15 is 0 Å². The molecule has 4 aromatic rings. The van der Waals surface area contributed by atoms with Gasteiger partial charge in [0.2, 0.25) is 5.95 Å². The summed E-state index contributed by atoms with van der Waals surface area (Å²) in [6, 6.07) is 7.18. The largest absolute Gasteiger partial charge is 0.497 e. The number of H-pyrrole nitrogens is 1. The first-order chi connectivity index (χ1) is 13.1. The summed E-state index contributed by atoms with van der Waals surface area (Å²) in [5.41, 5.74) is 3.03. The minimum atomic E-state index is -1.03. The average molecular weight is 366 g/mol. The molecule has 0 atom stereocenters. The number of imidazole rings is 2. The number of carboxylic acid groups (broad SMARTS) is 1. The van der Waals surface area contributed by atoms with Crippen molar-refractivity contribution in [2.75, 3.05) is 12.4 Å². The highest BCUT2D eigenvalue weighted by Gasteiger charge is 2.14. The summed E-state index contributed by atoms with van der Waals surface area (Å²) < 4.78 is 7.12. The number of benzene rings is 1. The summed E-state index contributed by atoms with van der Waals surface area (Å²) in [5, 5.41) is 12.4. The lowest BCUT2D eigenvalue weighted by molar-refractivity contribution is 0.0696. The number of hydrogen-bond donors (Lipinski definition) is 3. The number of pyridine rings is 1. The normalized spacial score (nSPS) is 11.2. The fourth-order valence-electron chi connectivity index (χ4n) is 2.98. The molecule has 4 rings (SSSR count). The Morgan fingerprint density at radius 1 is 1.30 bits per heavy atom. The number of anilines is 1. The number of aryl methyl sites for hydroxylation is 1. The highest BCUT2D eigenvalue weighted by Crippen LogP contribution is 2.21. The summed E-state index contributed by atoms with van der Waals surface area (Å²) in [7, 11) is 1.62. The minimum Gasteiger partial charge on any atom is -0.497 e. The van der Waals surface area contributed by atoms with Gasteiger partial charge in [0, 0.05) is 18.8 Å². The molecule has 0 unspecified atom stereocenters. The molecule has 9 heteroatoms. The molecule has 3 heterocycles. The second-order valence-corrected chi connectivity index (χ2v) is 5.97. The van der Waals surface area contributed by atoms with Crippen molar-refractivity contribution in [3.8, 4) is 5.75 Å². The first-order valence-corrected chi connectivity index (χ1v) is 8.45. The van der Waals surface area contributed by atoms with Gasteiger partial charge in [-0.3, -0.25) is 4.57 Å². The predicted octanol–water partition coefficient (Wildman–Crippen LogP) is 2.65. The standard InChI is InChI=1S/C18H18N6O3/c1-3-24-16-14(6-10(8-19-16)17(25)26)23-18(24)20-9-15-21-12-5-4-11(27-2)7-13(12)22-15/h4-8H,3,9H2,1-2H3,(H,20,23)(H,21,22)(H,25,26). The molecule has 0 spiro atoms. The summed E-state index contributed by atoms with van der Waals surface area (Å²) in [6.45, 7) is 3.06. The van der Waals surface area contributed by atoms with E-state index in [-0.39, 0.29) is 5.56 Å². The van der Waals surface area contributed by atoms with Crippen molar-refractivity contribution in [3.63, 3.8) is 0 Å². The van der Waals surface area contributed by atoms with Crippen LogP contribution in [0.4, 0.5) is 5.95 Å². The Morgan fingerprint density at radius 3 is 2.89 bits per heavy atom. The van der Waals surface area contributed by atoms with Gasteiger partial charge in [0.1, 0.15) is 17.1 Å². The third-order valence-electron chi connectivity index (χ3n) is 4.30. The number of aromatic nitrogens is 5. The van der Waals surface area contributed by atoms with Gasteiger partial charge in [-0.1, -0.05) is 0 Å². The van der Waals surface area contributed by atoms with Crippen molar-refractivity contribution >= 4 is 34.1 Å². The molecule has 0 radical (unpaired) electrons. The number of carboxylic acids is 1. The number of hydrogen-bond acceptors (Lipinski definition) is 6. The zero-order valence-corrected chi connectivity index (χ0v) is 14.9. The van der Waals surface area contributed by atoms with E-state index in [4.69, 9.17) is 9.84 Å². The first-order valence-electron chi connectivity index (χ1n) is 8.45. The average Bonchev–Trinajstić information content (AvgIpc) is 3.24. The molecular formula is C18H18N6O3. The van der Waals surface area contributed by atoms with Crippen LogP contribution in [0.2, 0.25) is 0 Å². The van der Waals surface area contributed by atoms with Gasteiger partial charge in [-0.25, -0.2) is 19.7 Å². The number of aromatic amines is 1. The Bertz CT molecular complexity index is 1150. The molecule has 27 heavy (non-hydrogen) atoms. The van der Waals surface area contributed by atoms with Crippen molar-refractivity contribution in [1.29, 1.82) is 0 Å². The minimum absolute atomic E-state index is 0.112. The molecule has 0 saturated heterocycles. The third kappa shape index (κ3) is 3.03. The topological polar surface area (TPSA) is 118 Å². The van der Waals surface area contributed by atoms with E-state index in [1.807, 2.05) is 29.7 Å². The van der Waals surface area contributed by atoms with E-state index in [9.17, 15) is 4.79 Å². The first kappa shape index (κ1) is 16.8. The van der Waals surface area contributed by atoms with E-state index in [2.05, 4.69) is 25.3 Å². The summed E-state index contributed by atoms with van der Waals surface area (Å²) in [4.78, 5) is 27.7. The van der Waals surface area contributed by atoms with Crippen molar-refractivity contribution in [2.24, 2.45) is 0 Å². The van der Waals surface area contributed by atoms with Crippen molar-refractivity contribution in [2.45, 2.75) is 20.0 Å². The zero-order chi connectivity index (χ0) is 19.0. The van der Waals surface area contributed by atoms with Crippen LogP contribution in [-0.4, -0.2) is 42.7 Å². The molecule has 3 aromatic heterocycles. The quantitative estimate of drug-likeness (QED) is 0.480. The molecule has 1 aromatic carbocycles. The molecule has 138 valence electrons. The number of aromatic carboxylic acids is 1. The lowest BCUT2D eigenvalue weighted by Gasteiger charge is -2.06. The summed E-state index contributed by atoms with van der Waals surface area (Å²) in [5.74, 6) is 1.11. The number of nitrogens with zero attached hydrogens (tertiary/aromatic N) is 4. The molecule has 0 amide bonds. The Hall–Kier alpha value is -3.62. The molecule has 0 aliphatic carbocycles. The number of methoxy groups -OCH3 is 1. The predicted molar refractivity (Wildman–Crippen MR) is 100 cm³/mol. The Morgan fingerprint density at radius 2 is 2.15 bits per heavy atom. The van der Waals surface area contributed by atoms with Gasteiger partial charge < -0.3 is 20.1 Å². The van der Waals surface area contributed by atoms with Crippen LogP contribution in [0.25, 0.3) is 22.2 Å². The van der Waals surface area contributed by atoms with Gasteiger partial charge in [0.15, 0.2) is 5.65 Å². The van der Waals surface area contributed by atoms with E-state index in [1.54, 1.807) is 7.11 Å². The molecule has 0 aliphatic heterocycles. The van der Waals surface area contributed by atoms with Gasteiger partial charge >= 0.3 is 5.97 Å². The smallest absolute Gasteiger partial charge is 0.337 e. The Labute approximate surface area is 154 Å². The van der Waals surface area contributed by atoms with Crippen LogP contribution < -0.4 is 10.1 Å². The maximum absolute atomic E-state index is 11.1. The highest BCUT2D eigenvalue weighted by atomic mass is 16.5. The Kier molecular flexibility index (Phi) is 4.11. The monoisotopic (exact) mass is 366 g/mol. The van der Waals surface area contributed by atoms with E-state index in [0.717, 1.165) is 22.6 Å². The van der Waals surface area contributed by atoms with Crippen molar-refractivity contribution < 1.29 is 14.6 Å². The lowest BCUT2D eigenvalue weighted by Crippen LogP contribution is -2.08. The second kappa shape index (κ2) is 6.60. The second-order valence-electron chi connectivity index (χ2n) is 5.97. The van der Waals surface area contributed by atoms with Crippen LogP contribution in [0.15, 0.2) is 30.5 Å². The van der Waals surface area contributed by atoms with Gasteiger partial charge in [-0.05, 0) is 25.1 Å². The number of rotatable bonds is 6. The van der Waals surface area contributed by atoms with Gasteiger partial charge in [0.05, 0.1) is 30.3 Å². The van der Waals surface area contributed by atoms with Crippen LogP contribution in [0.3, 0.4) is 0 Å². The van der Waals surface area contributed by atoms with Gasteiger partial charge in [-0.15, -0.1) is 0 Å². The maximum atomic E-state index is 11.1.